The standard InChI is InChI=1S/C10H14N2O/c1-12(2)10(13)9(11)8-6-4-3-5-7-8/h3-7,9H,11H2,1-2H3. The predicted molar refractivity (Wildman–Crippen MR) is 52.1 cm³/mol. The van der Waals surface area contributed by atoms with Gasteiger partial charge in [0.2, 0.25) is 5.91 Å². The minimum atomic E-state index is -0.545. The van der Waals surface area contributed by atoms with Crippen LogP contribution in [0.1, 0.15) is 11.6 Å². The van der Waals surface area contributed by atoms with Crippen LogP contribution < -0.4 is 5.73 Å². The molecule has 0 heterocycles. The Morgan fingerprint density at radius 3 is 2.31 bits per heavy atom. The van der Waals surface area contributed by atoms with Crippen molar-refractivity contribution < 1.29 is 4.79 Å². The molecule has 1 rings (SSSR count). The third-order valence-corrected chi connectivity index (χ3v) is 1.87. The van der Waals surface area contributed by atoms with Gasteiger partial charge in [-0.05, 0) is 5.56 Å². The Labute approximate surface area is 78.2 Å². The fourth-order valence-electron chi connectivity index (χ4n) is 1.08. The van der Waals surface area contributed by atoms with Crippen molar-refractivity contribution in [3.05, 3.63) is 35.9 Å². The quantitative estimate of drug-likeness (QED) is 0.727. The topological polar surface area (TPSA) is 46.3 Å². The van der Waals surface area contributed by atoms with Crippen LogP contribution in [0, 0.1) is 0 Å². The molecular formula is C10H14N2O. The van der Waals surface area contributed by atoms with Crippen LogP contribution in [0.15, 0.2) is 30.3 Å². The summed E-state index contributed by atoms with van der Waals surface area (Å²) in [5, 5.41) is 0. The highest BCUT2D eigenvalue weighted by molar-refractivity contribution is 5.82. The first kappa shape index (κ1) is 9.74. The number of benzene rings is 1. The fourth-order valence-corrected chi connectivity index (χ4v) is 1.08. The molecule has 1 amide bonds. The molecule has 13 heavy (non-hydrogen) atoms. The van der Waals surface area contributed by atoms with Crippen LogP contribution in [0.2, 0.25) is 0 Å². The average molecular weight is 178 g/mol. The van der Waals surface area contributed by atoms with Crippen molar-refractivity contribution in [2.24, 2.45) is 5.73 Å². The summed E-state index contributed by atoms with van der Waals surface area (Å²) in [5.41, 5.74) is 6.60. The van der Waals surface area contributed by atoms with Crippen LogP contribution in [0.5, 0.6) is 0 Å². The Morgan fingerprint density at radius 2 is 1.85 bits per heavy atom. The highest BCUT2D eigenvalue weighted by Crippen LogP contribution is 2.10. The average Bonchev–Trinajstić information content (AvgIpc) is 2.17. The number of nitrogens with two attached hydrogens (primary N) is 1. The number of rotatable bonds is 2. The molecule has 0 fully saturated rings. The van der Waals surface area contributed by atoms with E-state index < -0.39 is 6.04 Å². The van der Waals surface area contributed by atoms with Gasteiger partial charge in [0.25, 0.3) is 0 Å². The van der Waals surface area contributed by atoms with Gasteiger partial charge in [-0.15, -0.1) is 0 Å². The number of carbonyl (C=O) groups excluding carboxylic acids is 1. The van der Waals surface area contributed by atoms with Gasteiger partial charge in [-0.3, -0.25) is 4.79 Å². The molecule has 1 atom stereocenters. The summed E-state index contributed by atoms with van der Waals surface area (Å²) in [5.74, 6) is -0.0776. The molecule has 0 radical (unpaired) electrons. The van der Waals surface area contributed by atoms with Crippen molar-refractivity contribution in [3.8, 4) is 0 Å². The second kappa shape index (κ2) is 4.05. The first-order valence-corrected chi connectivity index (χ1v) is 4.14. The summed E-state index contributed by atoms with van der Waals surface area (Å²) >= 11 is 0. The molecule has 0 aromatic heterocycles. The summed E-state index contributed by atoms with van der Waals surface area (Å²) < 4.78 is 0. The van der Waals surface area contributed by atoms with Gasteiger partial charge >= 0.3 is 0 Å². The van der Waals surface area contributed by atoms with E-state index >= 15 is 0 Å². The van der Waals surface area contributed by atoms with Gasteiger partial charge in [0.05, 0.1) is 0 Å². The zero-order chi connectivity index (χ0) is 9.84. The summed E-state index contributed by atoms with van der Waals surface area (Å²) in [4.78, 5) is 12.9. The van der Waals surface area contributed by atoms with Crippen molar-refractivity contribution in [2.45, 2.75) is 6.04 Å². The molecule has 1 aromatic carbocycles. The molecule has 1 unspecified atom stereocenters. The van der Waals surface area contributed by atoms with Crippen LogP contribution in [0.3, 0.4) is 0 Å². The SMILES string of the molecule is CN(C)C(=O)C(N)c1ccccc1. The lowest BCUT2D eigenvalue weighted by Crippen LogP contribution is -2.33. The molecule has 0 saturated carbocycles. The number of amides is 1. The normalized spacial score (nSPS) is 12.2. The van der Waals surface area contributed by atoms with Crippen LogP contribution in [0.4, 0.5) is 0 Å². The van der Waals surface area contributed by atoms with Gasteiger partial charge in [-0.25, -0.2) is 0 Å². The van der Waals surface area contributed by atoms with Crippen LogP contribution >= 0.6 is 0 Å². The van der Waals surface area contributed by atoms with E-state index in [2.05, 4.69) is 0 Å². The van der Waals surface area contributed by atoms with E-state index in [0.717, 1.165) is 5.56 Å². The number of hydrogen-bond donors (Lipinski definition) is 1. The zero-order valence-electron chi connectivity index (χ0n) is 7.90. The van der Waals surface area contributed by atoms with E-state index in [0.29, 0.717) is 0 Å². The smallest absolute Gasteiger partial charge is 0.243 e. The first-order chi connectivity index (χ1) is 6.13. The van der Waals surface area contributed by atoms with Gasteiger partial charge in [0.1, 0.15) is 6.04 Å². The van der Waals surface area contributed by atoms with Crippen LogP contribution in [0.25, 0.3) is 0 Å². The van der Waals surface area contributed by atoms with Crippen molar-refractivity contribution in [2.75, 3.05) is 14.1 Å². The molecular weight excluding hydrogens is 164 g/mol. The molecule has 0 bridgehead atoms. The van der Waals surface area contributed by atoms with Crippen molar-refractivity contribution in [1.82, 2.24) is 4.90 Å². The third kappa shape index (κ3) is 2.29. The molecule has 2 N–H and O–H groups in total. The maximum atomic E-state index is 11.4. The van der Waals surface area contributed by atoms with Gasteiger partial charge in [-0.2, -0.15) is 0 Å². The van der Waals surface area contributed by atoms with Gasteiger partial charge in [0.15, 0.2) is 0 Å². The van der Waals surface area contributed by atoms with Crippen LogP contribution in [-0.4, -0.2) is 24.9 Å². The largest absolute Gasteiger partial charge is 0.347 e. The van der Waals surface area contributed by atoms with Gasteiger partial charge < -0.3 is 10.6 Å². The fraction of sp³-hybridized carbons (Fsp3) is 0.300. The van der Waals surface area contributed by atoms with E-state index in [1.165, 1.54) is 4.90 Å². The first-order valence-electron chi connectivity index (χ1n) is 4.14. The van der Waals surface area contributed by atoms with E-state index in [-0.39, 0.29) is 5.91 Å². The third-order valence-electron chi connectivity index (χ3n) is 1.87. The zero-order valence-corrected chi connectivity index (χ0v) is 7.90. The van der Waals surface area contributed by atoms with E-state index in [1.807, 2.05) is 30.3 Å². The number of carbonyl (C=O) groups is 1. The Kier molecular flexibility index (Phi) is 3.03. The maximum absolute atomic E-state index is 11.4. The Bertz CT molecular complexity index is 282. The van der Waals surface area contributed by atoms with Crippen LogP contribution in [-0.2, 0) is 4.79 Å². The summed E-state index contributed by atoms with van der Waals surface area (Å²) in [6, 6.07) is 8.81. The van der Waals surface area contributed by atoms with E-state index in [4.69, 9.17) is 5.73 Å². The lowest BCUT2D eigenvalue weighted by atomic mass is 10.1. The number of hydrogen-bond acceptors (Lipinski definition) is 2. The molecule has 1 aromatic rings. The molecule has 3 heteroatoms. The Balaban J connectivity index is 2.80. The van der Waals surface area contributed by atoms with E-state index in [1.54, 1.807) is 14.1 Å². The minimum absolute atomic E-state index is 0.0776. The molecule has 0 spiro atoms. The molecule has 0 aliphatic heterocycles. The summed E-state index contributed by atoms with van der Waals surface area (Å²) in [6.07, 6.45) is 0. The van der Waals surface area contributed by atoms with Crippen molar-refractivity contribution in [3.63, 3.8) is 0 Å². The minimum Gasteiger partial charge on any atom is -0.347 e. The van der Waals surface area contributed by atoms with Gasteiger partial charge in [-0.1, -0.05) is 30.3 Å². The molecule has 3 nitrogen and oxygen atoms in total. The highest BCUT2D eigenvalue weighted by atomic mass is 16.2. The second-order valence-electron chi connectivity index (χ2n) is 3.12. The molecule has 70 valence electrons. The number of nitrogens with zero attached hydrogens (tertiary/aromatic N) is 1. The number of likely N-dealkylation sites (N-methyl/N-ethyl adjacent to an activating group) is 1. The summed E-state index contributed by atoms with van der Waals surface area (Å²) in [7, 11) is 3.40. The lowest BCUT2D eigenvalue weighted by Gasteiger charge is -2.16. The van der Waals surface area contributed by atoms with E-state index in [9.17, 15) is 4.79 Å². The monoisotopic (exact) mass is 178 g/mol. The van der Waals surface area contributed by atoms with Crippen molar-refractivity contribution in [1.29, 1.82) is 0 Å². The predicted octanol–water partition coefficient (Wildman–Crippen LogP) is 0.775. The van der Waals surface area contributed by atoms with Crippen molar-refractivity contribution >= 4 is 5.91 Å². The molecule has 0 aliphatic rings. The summed E-state index contributed by atoms with van der Waals surface area (Å²) in [6.45, 7) is 0. The van der Waals surface area contributed by atoms with Gasteiger partial charge in [0, 0.05) is 14.1 Å². The highest BCUT2D eigenvalue weighted by Gasteiger charge is 2.16. The Hall–Kier alpha value is -1.35. The Morgan fingerprint density at radius 1 is 1.31 bits per heavy atom. The molecule has 0 saturated heterocycles. The molecule has 0 aliphatic carbocycles. The second-order valence-corrected chi connectivity index (χ2v) is 3.12. The lowest BCUT2D eigenvalue weighted by molar-refractivity contribution is -0.130. The maximum Gasteiger partial charge on any atom is 0.243 e.